The van der Waals surface area contributed by atoms with Crippen LogP contribution in [0.2, 0.25) is 5.02 Å². The van der Waals surface area contributed by atoms with Gasteiger partial charge in [0.2, 0.25) is 0 Å². The monoisotopic (exact) mass is 373 g/mol. The maximum Gasteiger partial charge on any atom is 0.255 e. The molecule has 2 aromatic heterocycles. The molecule has 0 radical (unpaired) electrons. The molecule has 2 aromatic rings. The first-order chi connectivity index (χ1) is 12.6. The van der Waals surface area contributed by atoms with E-state index in [0.29, 0.717) is 17.1 Å². The van der Waals surface area contributed by atoms with Gasteiger partial charge in [-0.2, -0.15) is 5.10 Å². The highest BCUT2D eigenvalue weighted by Gasteiger charge is 2.21. The van der Waals surface area contributed by atoms with E-state index in [1.165, 1.54) is 17.5 Å². The zero-order valence-corrected chi connectivity index (χ0v) is 15.8. The number of rotatable bonds is 5. The molecule has 1 saturated heterocycles. The van der Waals surface area contributed by atoms with E-state index < -0.39 is 0 Å². The summed E-state index contributed by atoms with van der Waals surface area (Å²) in [5.41, 5.74) is 2.95. The molecule has 0 saturated carbocycles. The van der Waals surface area contributed by atoms with Crippen LogP contribution in [0.1, 0.15) is 28.0 Å². The Morgan fingerprint density at radius 3 is 2.88 bits per heavy atom. The SMILES string of the molecule is C=CCn1ncc(CN2CCCN(C(=O)c3cncc(Cl)c3)CC2)c1C. The quantitative estimate of drug-likeness (QED) is 0.756. The van der Waals surface area contributed by atoms with Gasteiger partial charge in [0.15, 0.2) is 0 Å². The Morgan fingerprint density at radius 2 is 2.12 bits per heavy atom. The maximum absolute atomic E-state index is 12.7. The average molecular weight is 374 g/mol. The van der Waals surface area contributed by atoms with Crippen LogP contribution in [0.5, 0.6) is 0 Å². The smallest absolute Gasteiger partial charge is 0.255 e. The minimum Gasteiger partial charge on any atom is -0.337 e. The molecule has 0 bridgehead atoms. The molecule has 6 nitrogen and oxygen atoms in total. The zero-order valence-electron chi connectivity index (χ0n) is 15.1. The number of carbonyl (C=O) groups excluding carboxylic acids is 1. The predicted molar refractivity (Wildman–Crippen MR) is 102 cm³/mol. The number of hydrogen-bond donors (Lipinski definition) is 0. The van der Waals surface area contributed by atoms with E-state index in [9.17, 15) is 4.79 Å². The molecule has 0 aliphatic carbocycles. The number of halogens is 1. The van der Waals surface area contributed by atoms with E-state index >= 15 is 0 Å². The number of allylic oxidation sites excluding steroid dienone is 1. The van der Waals surface area contributed by atoms with Crippen LogP contribution in [0.4, 0.5) is 0 Å². The molecule has 1 aliphatic rings. The predicted octanol–water partition coefficient (Wildman–Crippen LogP) is 2.77. The van der Waals surface area contributed by atoms with E-state index in [1.54, 1.807) is 12.3 Å². The fraction of sp³-hybridized carbons (Fsp3) is 0.421. The molecular weight excluding hydrogens is 350 g/mol. The van der Waals surface area contributed by atoms with Crippen LogP contribution >= 0.6 is 11.6 Å². The minimum absolute atomic E-state index is 0.00293. The van der Waals surface area contributed by atoms with Crippen molar-refractivity contribution < 1.29 is 4.79 Å². The Balaban J connectivity index is 1.61. The Kier molecular flexibility index (Phi) is 6.06. The van der Waals surface area contributed by atoms with E-state index in [4.69, 9.17) is 11.6 Å². The first kappa shape index (κ1) is 18.6. The lowest BCUT2D eigenvalue weighted by Gasteiger charge is -2.22. The lowest BCUT2D eigenvalue weighted by Crippen LogP contribution is -2.35. The largest absolute Gasteiger partial charge is 0.337 e. The van der Waals surface area contributed by atoms with Gasteiger partial charge in [-0.3, -0.25) is 19.4 Å². The van der Waals surface area contributed by atoms with E-state index in [-0.39, 0.29) is 5.91 Å². The number of aromatic nitrogens is 3. The Labute approximate surface area is 159 Å². The van der Waals surface area contributed by atoms with Crippen LogP contribution in [-0.4, -0.2) is 56.7 Å². The van der Waals surface area contributed by atoms with Crippen molar-refractivity contribution in [3.05, 3.63) is 59.2 Å². The van der Waals surface area contributed by atoms with Crippen molar-refractivity contribution in [3.8, 4) is 0 Å². The van der Waals surface area contributed by atoms with Crippen LogP contribution < -0.4 is 0 Å². The van der Waals surface area contributed by atoms with Crippen LogP contribution in [-0.2, 0) is 13.1 Å². The van der Waals surface area contributed by atoms with Gasteiger partial charge in [0.05, 0.1) is 23.3 Å². The number of hydrogen-bond acceptors (Lipinski definition) is 4. The summed E-state index contributed by atoms with van der Waals surface area (Å²) in [6.45, 7) is 10.7. The molecular formula is C19H24ClN5O. The second kappa shape index (κ2) is 8.47. The molecule has 0 unspecified atom stereocenters. The number of pyridine rings is 1. The van der Waals surface area contributed by atoms with Crippen molar-refractivity contribution >= 4 is 17.5 Å². The van der Waals surface area contributed by atoms with Crippen molar-refractivity contribution in [2.75, 3.05) is 26.2 Å². The lowest BCUT2D eigenvalue weighted by atomic mass is 10.2. The summed E-state index contributed by atoms with van der Waals surface area (Å²) in [5.74, 6) is -0.00293. The molecule has 0 spiro atoms. The summed E-state index contributed by atoms with van der Waals surface area (Å²) in [6.07, 6.45) is 7.85. The number of nitrogens with zero attached hydrogens (tertiary/aromatic N) is 5. The molecule has 0 aromatic carbocycles. The van der Waals surface area contributed by atoms with Crippen LogP contribution in [0.15, 0.2) is 37.3 Å². The standard InChI is InChI=1S/C19H24ClN5O/c1-3-5-25-15(2)17(12-22-25)14-23-6-4-7-24(9-8-23)19(26)16-10-18(20)13-21-11-16/h3,10-13H,1,4-9,14H2,2H3. The molecule has 1 aliphatic heterocycles. The molecule has 3 heterocycles. The fourth-order valence-corrected chi connectivity index (χ4v) is 3.41. The highest BCUT2D eigenvalue weighted by Crippen LogP contribution is 2.15. The summed E-state index contributed by atoms with van der Waals surface area (Å²) in [4.78, 5) is 21.0. The third kappa shape index (κ3) is 4.31. The average Bonchev–Trinajstić information content (AvgIpc) is 2.84. The number of amides is 1. The summed E-state index contributed by atoms with van der Waals surface area (Å²) >= 11 is 5.96. The van der Waals surface area contributed by atoms with Gasteiger partial charge in [0.1, 0.15) is 0 Å². The van der Waals surface area contributed by atoms with Gasteiger partial charge in [-0.1, -0.05) is 17.7 Å². The van der Waals surface area contributed by atoms with E-state index in [1.807, 2.05) is 21.9 Å². The summed E-state index contributed by atoms with van der Waals surface area (Å²) in [7, 11) is 0. The van der Waals surface area contributed by atoms with Crippen molar-refractivity contribution in [3.63, 3.8) is 0 Å². The van der Waals surface area contributed by atoms with Gasteiger partial charge in [-0.25, -0.2) is 0 Å². The zero-order chi connectivity index (χ0) is 18.5. The van der Waals surface area contributed by atoms with Gasteiger partial charge in [0.25, 0.3) is 5.91 Å². The van der Waals surface area contributed by atoms with Crippen molar-refractivity contribution in [2.24, 2.45) is 0 Å². The molecule has 3 rings (SSSR count). The van der Waals surface area contributed by atoms with Gasteiger partial charge in [-0.15, -0.1) is 6.58 Å². The lowest BCUT2D eigenvalue weighted by molar-refractivity contribution is 0.0760. The maximum atomic E-state index is 12.7. The van der Waals surface area contributed by atoms with Crippen LogP contribution in [0.3, 0.4) is 0 Å². The Bertz CT molecular complexity index is 788. The van der Waals surface area contributed by atoms with Gasteiger partial charge >= 0.3 is 0 Å². The fourth-order valence-electron chi connectivity index (χ4n) is 3.23. The molecule has 1 amide bonds. The van der Waals surface area contributed by atoms with Crippen LogP contribution in [0.25, 0.3) is 0 Å². The molecule has 1 fully saturated rings. The first-order valence-electron chi connectivity index (χ1n) is 8.83. The second-order valence-electron chi connectivity index (χ2n) is 6.54. The summed E-state index contributed by atoms with van der Waals surface area (Å²) < 4.78 is 1.96. The highest BCUT2D eigenvalue weighted by atomic mass is 35.5. The Hall–Kier alpha value is -2.18. The van der Waals surface area contributed by atoms with Crippen molar-refractivity contribution in [2.45, 2.75) is 26.4 Å². The third-order valence-corrected chi connectivity index (χ3v) is 4.94. The number of carbonyl (C=O) groups is 1. The summed E-state index contributed by atoms with van der Waals surface area (Å²) in [5, 5.41) is 4.91. The van der Waals surface area contributed by atoms with Crippen LogP contribution in [0, 0.1) is 6.92 Å². The topological polar surface area (TPSA) is 54.3 Å². The summed E-state index contributed by atoms with van der Waals surface area (Å²) in [6, 6.07) is 1.68. The second-order valence-corrected chi connectivity index (χ2v) is 6.98. The third-order valence-electron chi connectivity index (χ3n) is 4.73. The molecule has 138 valence electrons. The highest BCUT2D eigenvalue weighted by molar-refractivity contribution is 6.30. The molecule has 26 heavy (non-hydrogen) atoms. The van der Waals surface area contributed by atoms with E-state index in [0.717, 1.165) is 39.1 Å². The van der Waals surface area contributed by atoms with Crippen molar-refractivity contribution in [1.29, 1.82) is 0 Å². The molecule has 0 N–H and O–H groups in total. The van der Waals surface area contributed by atoms with Gasteiger partial charge in [0, 0.05) is 56.4 Å². The van der Waals surface area contributed by atoms with Gasteiger partial charge < -0.3 is 4.90 Å². The molecule has 0 atom stereocenters. The van der Waals surface area contributed by atoms with E-state index in [2.05, 4.69) is 28.5 Å². The van der Waals surface area contributed by atoms with Gasteiger partial charge in [-0.05, 0) is 19.4 Å². The minimum atomic E-state index is -0.00293. The van der Waals surface area contributed by atoms with Crippen molar-refractivity contribution in [1.82, 2.24) is 24.6 Å². The first-order valence-corrected chi connectivity index (χ1v) is 9.20. The Morgan fingerprint density at radius 1 is 1.27 bits per heavy atom. The normalized spacial score (nSPS) is 15.7. The molecule has 7 heteroatoms.